The van der Waals surface area contributed by atoms with Gasteiger partial charge >= 0.3 is 0 Å². The van der Waals surface area contributed by atoms with E-state index < -0.39 is 10.0 Å². The normalized spacial score (nSPS) is 11.3. The summed E-state index contributed by atoms with van der Waals surface area (Å²) in [4.78, 5) is 0.321. The van der Waals surface area contributed by atoms with E-state index in [-0.39, 0.29) is 0 Å². The van der Waals surface area contributed by atoms with Gasteiger partial charge in [0.15, 0.2) is 0 Å². The number of rotatable bonds is 4. The molecule has 0 bridgehead atoms. The van der Waals surface area contributed by atoms with E-state index in [4.69, 9.17) is 0 Å². The number of halogens is 1. The molecule has 2 aromatic carbocycles. The number of hydrogen-bond donors (Lipinski definition) is 0. The molecule has 0 aromatic heterocycles. The maximum absolute atomic E-state index is 12.7. The largest absolute Gasteiger partial charge is 0.267 e. The lowest BCUT2D eigenvalue weighted by Gasteiger charge is -2.23. The minimum Gasteiger partial charge on any atom is -0.267 e. The first-order valence-corrected chi connectivity index (χ1v) is 8.82. The molecule has 0 unspecified atom stereocenters. The Labute approximate surface area is 133 Å². The molecular formula is C15H16INO2S. The van der Waals surface area contributed by atoms with Gasteiger partial charge < -0.3 is 0 Å². The first kappa shape index (κ1) is 15.3. The molecule has 0 aliphatic rings. The Hall–Kier alpha value is -1.08. The van der Waals surface area contributed by atoms with Gasteiger partial charge in [0.25, 0.3) is 10.0 Å². The van der Waals surface area contributed by atoms with Crippen LogP contribution in [0.25, 0.3) is 0 Å². The molecule has 0 radical (unpaired) electrons. The van der Waals surface area contributed by atoms with Crippen LogP contribution < -0.4 is 4.31 Å². The van der Waals surface area contributed by atoms with Crippen molar-refractivity contribution in [1.82, 2.24) is 0 Å². The zero-order valence-electron chi connectivity index (χ0n) is 11.4. The Balaban J connectivity index is 2.47. The molecule has 0 atom stereocenters. The number of hydrogen-bond acceptors (Lipinski definition) is 2. The zero-order chi connectivity index (χ0) is 14.8. The van der Waals surface area contributed by atoms with Gasteiger partial charge in [0.2, 0.25) is 0 Å². The fraction of sp³-hybridized carbons (Fsp3) is 0.200. The van der Waals surface area contributed by atoms with Crippen LogP contribution in [-0.2, 0) is 10.0 Å². The molecule has 2 aromatic rings. The van der Waals surface area contributed by atoms with E-state index in [1.165, 1.54) is 4.31 Å². The highest BCUT2D eigenvalue weighted by molar-refractivity contribution is 14.1. The summed E-state index contributed by atoms with van der Waals surface area (Å²) in [7, 11) is -3.51. The molecule has 2 rings (SSSR count). The Bertz CT molecular complexity index is 696. The predicted molar refractivity (Wildman–Crippen MR) is 90.5 cm³/mol. The molecule has 0 saturated carbocycles. The Morgan fingerprint density at radius 2 is 1.75 bits per heavy atom. The number of sulfonamides is 1. The fourth-order valence-electron chi connectivity index (χ4n) is 2.01. The zero-order valence-corrected chi connectivity index (χ0v) is 14.3. The molecule has 3 nitrogen and oxygen atoms in total. The number of anilines is 1. The van der Waals surface area contributed by atoms with Crippen LogP contribution in [0.5, 0.6) is 0 Å². The molecule has 0 fully saturated rings. The number of nitrogens with zero attached hydrogens (tertiary/aromatic N) is 1. The second-order valence-electron chi connectivity index (χ2n) is 4.46. The van der Waals surface area contributed by atoms with Gasteiger partial charge in [-0.1, -0.05) is 12.1 Å². The third kappa shape index (κ3) is 3.15. The van der Waals surface area contributed by atoms with E-state index in [1.54, 1.807) is 24.3 Å². The van der Waals surface area contributed by atoms with Gasteiger partial charge in [0.1, 0.15) is 0 Å². The highest BCUT2D eigenvalue weighted by Crippen LogP contribution is 2.24. The molecule has 0 saturated heterocycles. The molecule has 0 aliphatic heterocycles. The van der Waals surface area contributed by atoms with Crippen LogP contribution in [0.15, 0.2) is 53.4 Å². The van der Waals surface area contributed by atoms with Gasteiger partial charge in [-0.25, -0.2) is 8.42 Å². The second kappa shape index (κ2) is 6.13. The summed E-state index contributed by atoms with van der Waals surface area (Å²) in [5, 5.41) is 0. The summed E-state index contributed by atoms with van der Waals surface area (Å²) in [5.41, 5.74) is 1.74. The van der Waals surface area contributed by atoms with Crippen molar-refractivity contribution in [2.24, 2.45) is 0 Å². The molecule has 0 heterocycles. The first-order valence-electron chi connectivity index (χ1n) is 6.30. The lowest BCUT2D eigenvalue weighted by molar-refractivity contribution is 0.592. The average Bonchev–Trinajstić information content (AvgIpc) is 2.40. The van der Waals surface area contributed by atoms with Crippen LogP contribution in [0, 0.1) is 10.5 Å². The Kier molecular flexibility index (Phi) is 4.70. The lowest BCUT2D eigenvalue weighted by Crippen LogP contribution is -2.30. The van der Waals surface area contributed by atoms with Gasteiger partial charge in [-0.15, -0.1) is 0 Å². The topological polar surface area (TPSA) is 37.4 Å². The number of aryl methyl sites for hydroxylation is 1. The molecule has 20 heavy (non-hydrogen) atoms. The third-order valence-corrected chi connectivity index (χ3v) is 5.61. The number of benzene rings is 2. The summed E-state index contributed by atoms with van der Waals surface area (Å²) in [6.07, 6.45) is 0. The van der Waals surface area contributed by atoms with E-state index in [9.17, 15) is 8.42 Å². The molecule has 0 aliphatic carbocycles. The van der Waals surface area contributed by atoms with E-state index in [0.29, 0.717) is 17.1 Å². The van der Waals surface area contributed by atoms with Crippen molar-refractivity contribution in [3.05, 3.63) is 57.7 Å². The van der Waals surface area contributed by atoms with Crippen molar-refractivity contribution < 1.29 is 8.42 Å². The summed E-state index contributed by atoms with van der Waals surface area (Å²) in [5.74, 6) is 0. The minimum absolute atomic E-state index is 0.321. The Morgan fingerprint density at radius 3 is 2.30 bits per heavy atom. The fourth-order valence-corrected chi connectivity index (χ4v) is 3.83. The van der Waals surface area contributed by atoms with Gasteiger partial charge in [-0.3, -0.25) is 4.31 Å². The van der Waals surface area contributed by atoms with Crippen molar-refractivity contribution in [3.63, 3.8) is 0 Å². The summed E-state index contributed by atoms with van der Waals surface area (Å²) >= 11 is 2.16. The van der Waals surface area contributed by atoms with E-state index in [1.807, 2.05) is 38.1 Å². The van der Waals surface area contributed by atoms with E-state index in [0.717, 1.165) is 9.13 Å². The Morgan fingerprint density at radius 1 is 1.10 bits per heavy atom. The quantitative estimate of drug-likeness (QED) is 0.731. The van der Waals surface area contributed by atoms with Crippen molar-refractivity contribution in [2.75, 3.05) is 10.8 Å². The lowest BCUT2D eigenvalue weighted by atomic mass is 10.2. The molecular weight excluding hydrogens is 385 g/mol. The standard InChI is InChI=1S/C15H16INO2S/c1-3-17(14-6-4-5-12(2)11-14)20(18,19)15-9-7-13(16)8-10-15/h4-11H,3H2,1-2H3. The highest BCUT2D eigenvalue weighted by Gasteiger charge is 2.23. The van der Waals surface area contributed by atoms with E-state index in [2.05, 4.69) is 22.6 Å². The molecule has 0 amide bonds. The first-order chi connectivity index (χ1) is 9.45. The van der Waals surface area contributed by atoms with Crippen molar-refractivity contribution >= 4 is 38.3 Å². The second-order valence-corrected chi connectivity index (χ2v) is 7.57. The maximum atomic E-state index is 12.7. The third-order valence-electron chi connectivity index (χ3n) is 2.98. The molecule has 0 spiro atoms. The summed E-state index contributed by atoms with van der Waals surface area (Å²) in [6, 6.07) is 14.4. The van der Waals surface area contributed by atoms with E-state index >= 15 is 0 Å². The van der Waals surface area contributed by atoms with Crippen molar-refractivity contribution in [1.29, 1.82) is 0 Å². The van der Waals surface area contributed by atoms with Crippen LogP contribution in [0.1, 0.15) is 12.5 Å². The SMILES string of the molecule is CCN(c1cccc(C)c1)S(=O)(=O)c1ccc(I)cc1. The predicted octanol–water partition coefficient (Wildman–Crippen LogP) is 3.81. The van der Waals surface area contributed by atoms with Gasteiger partial charge in [-0.2, -0.15) is 0 Å². The minimum atomic E-state index is -3.51. The average molecular weight is 401 g/mol. The van der Waals surface area contributed by atoms with Gasteiger partial charge in [0.05, 0.1) is 10.6 Å². The van der Waals surface area contributed by atoms with Crippen LogP contribution >= 0.6 is 22.6 Å². The smallest absolute Gasteiger partial charge is 0.264 e. The van der Waals surface area contributed by atoms with Crippen LogP contribution in [0.4, 0.5) is 5.69 Å². The van der Waals surface area contributed by atoms with Gasteiger partial charge in [0, 0.05) is 10.1 Å². The van der Waals surface area contributed by atoms with Crippen LogP contribution in [0.2, 0.25) is 0 Å². The van der Waals surface area contributed by atoms with Crippen molar-refractivity contribution in [2.45, 2.75) is 18.7 Å². The maximum Gasteiger partial charge on any atom is 0.264 e. The monoisotopic (exact) mass is 401 g/mol. The summed E-state index contributed by atoms with van der Waals surface area (Å²) in [6.45, 7) is 4.19. The summed E-state index contributed by atoms with van der Waals surface area (Å²) < 4.78 is 27.9. The van der Waals surface area contributed by atoms with Gasteiger partial charge in [-0.05, 0) is 78.4 Å². The van der Waals surface area contributed by atoms with Crippen molar-refractivity contribution in [3.8, 4) is 0 Å². The molecule has 106 valence electrons. The molecule has 5 heteroatoms. The molecule has 0 N–H and O–H groups in total. The highest BCUT2D eigenvalue weighted by atomic mass is 127. The van der Waals surface area contributed by atoms with Crippen LogP contribution in [0.3, 0.4) is 0 Å². The van der Waals surface area contributed by atoms with Crippen LogP contribution in [-0.4, -0.2) is 15.0 Å².